The molecule has 1 fully saturated rings. The van der Waals surface area contributed by atoms with E-state index in [4.69, 9.17) is 4.74 Å². The second-order valence-corrected chi connectivity index (χ2v) is 4.50. The minimum atomic E-state index is 0.0612. The monoisotopic (exact) mass is 237 g/mol. The van der Waals surface area contributed by atoms with E-state index in [0.717, 1.165) is 4.90 Å². The van der Waals surface area contributed by atoms with Gasteiger partial charge in [-0.2, -0.15) is 0 Å². The number of ether oxygens (including phenoxy) is 1. The number of thiol groups is 1. The third-order valence-corrected chi connectivity index (χ3v) is 2.90. The standard InChI is InChI=1S/C12H15NO2S/c1-9-8-13(5-6-15-9)12(14)10-3-2-4-11(16)7-10/h2-4,7,9,16H,5-6,8H2,1H3. The minimum Gasteiger partial charge on any atom is -0.375 e. The molecular formula is C12H15NO2S. The molecule has 1 aliphatic heterocycles. The Hall–Kier alpha value is -1.00. The zero-order valence-corrected chi connectivity index (χ0v) is 10.1. The molecule has 1 amide bonds. The first kappa shape index (κ1) is 11.5. The highest BCUT2D eigenvalue weighted by Crippen LogP contribution is 2.13. The van der Waals surface area contributed by atoms with Crippen LogP contribution < -0.4 is 0 Å². The van der Waals surface area contributed by atoms with Crippen LogP contribution in [-0.2, 0) is 4.74 Å². The maximum atomic E-state index is 12.1. The molecular weight excluding hydrogens is 222 g/mol. The van der Waals surface area contributed by atoms with Crippen LogP contribution in [0.5, 0.6) is 0 Å². The molecule has 1 aromatic rings. The molecule has 1 aliphatic rings. The van der Waals surface area contributed by atoms with Gasteiger partial charge in [0.25, 0.3) is 5.91 Å². The number of nitrogens with zero attached hydrogens (tertiary/aromatic N) is 1. The van der Waals surface area contributed by atoms with Crippen LogP contribution in [0.1, 0.15) is 17.3 Å². The van der Waals surface area contributed by atoms with Crippen molar-refractivity contribution in [1.29, 1.82) is 0 Å². The number of carbonyl (C=O) groups excluding carboxylic acids is 1. The maximum Gasteiger partial charge on any atom is 0.254 e. The van der Waals surface area contributed by atoms with Crippen LogP contribution in [0.3, 0.4) is 0 Å². The largest absolute Gasteiger partial charge is 0.375 e. The molecule has 1 atom stereocenters. The first-order chi connectivity index (χ1) is 7.66. The van der Waals surface area contributed by atoms with Gasteiger partial charge in [-0.3, -0.25) is 4.79 Å². The summed E-state index contributed by atoms with van der Waals surface area (Å²) < 4.78 is 5.41. The van der Waals surface area contributed by atoms with Crippen molar-refractivity contribution in [1.82, 2.24) is 4.90 Å². The number of benzene rings is 1. The molecule has 16 heavy (non-hydrogen) atoms. The van der Waals surface area contributed by atoms with Crippen LogP contribution in [0.2, 0.25) is 0 Å². The fourth-order valence-electron chi connectivity index (χ4n) is 1.82. The average molecular weight is 237 g/mol. The summed E-state index contributed by atoms with van der Waals surface area (Å²) in [7, 11) is 0. The van der Waals surface area contributed by atoms with Crippen molar-refractivity contribution in [3.63, 3.8) is 0 Å². The van der Waals surface area contributed by atoms with Crippen LogP contribution >= 0.6 is 12.6 Å². The van der Waals surface area contributed by atoms with Gasteiger partial charge in [-0.05, 0) is 25.1 Å². The first-order valence-electron chi connectivity index (χ1n) is 5.37. The SMILES string of the molecule is CC1CN(C(=O)c2cccc(S)c2)CCO1. The van der Waals surface area contributed by atoms with Gasteiger partial charge in [0.15, 0.2) is 0 Å². The molecule has 0 spiro atoms. The second-order valence-electron chi connectivity index (χ2n) is 3.98. The average Bonchev–Trinajstić information content (AvgIpc) is 2.28. The van der Waals surface area contributed by atoms with E-state index in [-0.39, 0.29) is 12.0 Å². The molecule has 1 aromatic carbocycles. The van der Waals surface area contributed by atoms with Crippen molar-refractivity contribution >= 4 is 18.5 Å². The van der Waals surface area contributed by atoms with Crippen molar-refractivity contribution in [2.75, 3.05) is 19.7 Å². The molecule has 0 radical (unpaired) electrons. The highest BCUT2D eigenvalue weighted by Gasteiger charge is 2.22. The van der Waals surface area contributed by atoms with Crippen LogP contribution in [0.4, 0.5) is 0 Å². The summed E-state index contributed by atoms with van der Waals surface area (Å²) in [4.78, 5) is 14.8. The summed E-state index contributed by atoms with van der Waals surface area (Å²) >= 11 is 4.23. The lowest BCUT2D eigenvalue weighted by Gasteiger charge is -2.31. The molecule has 0 aliphatic carbocycles. The normalized spacial score (nSPS) is 20.9. The highest BCUT2D eigenvalue weighted by molar-refractivity contribution is 7.80. The van der Waals surface area contributed by atoms with E-state index in [0.29, 0.717) is 25.3 Å². The molecule has 0 aromatic heterocycles. The Balaban J connectivity index is 2.12. The van der Waals surface area contributed by atoms with Crippen molar-refractivity contribution in [2.45, 2.75) is 17.9 Å². The van der Waals surface area contributed by atoms with E-state index in [2.05, 4.69) is 12.6 Å². The highest BCUT2D eigenvalue weighted by atomic mass is 32.1. The molecule has 0 bridgehead atoms. The zero-order chi connectivity index (χ0) is 11.5. The van der Waals surface area contributed by atoms with E-state index >= 15 is 0 Å². The van der Waals surface area contributed by atoms with Crippen LogP contribution in [-0.4, -0.2) is 36.6 Å². The molecule has 1 unspecified atom stereocenters. The maximum absolute atomic E-state index is 12.1. The molecule has 0 saturated carbocycles. The Kier molecular flexibility index (Phi) is 3.51. The van der Waals surface area contributed by atoms with Gasteiger partial charge in [-0.15, -0.1) is 12.6 Å². The van der Waals surface area contributed by atoms with Gasteiger partial charge in [0.1, 0.15) is 0 Å². The Morgan fingerprint density at radius 1 is 1.56 bits per heavy atom. The van der Waals surface area contributed by atoms with Gasteiger partial charge in [0.2, 0.25) is 0 Å². The van der Waals surface area contributed by atoms with Crippen LogP contribution in [0.15, 0.2) is 29.2 Å². The van der Waals surface area contributed by atoms with Crippen LogP contribution in [0, 0.1) is 0 Å². The molecule has 0 N–H and O–H groups in total. The molecule has 1 saturated heterocycles. The summed E-state index contributed by atoms with van der Waals surface area (Å²) in [5.74, 6) is 0.0612. The third kappa shape index (κ3) is 2.57. The third-order valence-electron chi connectivity index (χ3n) is 2.62. The second kappa shape index (κ2) is 4.89. The molecule has 2 rings (SSSR count). The lowest BCUT2D eigenvalue weighted by atomic mass is 10.2. The molecule has 3 nitrogen and oxygen atoms in total. The van der Waals surface area contributed by atoms with Crippen molar-refractivity contribution < 1.29 is 9.53 Å². The minimum absolute atomic E-state index is 0.0612. The fraction of sp³-hybridized carbons (Fsp3) is 0.417. The van der Waals surface area contributed by atoms with E-state index in [1.807, 2.05) is 30.0 Å². The number of hydrogen-bond acceptors (Lipinski definition) is 3. The van der Waals surface area contributed by atoms with E-state index < -0.39 is 0 Å². The Morgan fingerprint density at radius 3 is 3.06 bits per heavy atom. The van der Waals surface area contributed by atoms with Gasteiger partial charge < -0.3 is 9.64 Å². The van der Waals surface area contributed by atoms with Crippen LogP contribution in [0.25, 0.3) is 0 Å². The predicted molar refractivity (Wildman–Crippen MR) is 65.0 cm³/mol. The molecule has 4 heteroatoms. The lowest BCUT2D eigenvalue weighted by Crippen LogP contribution is -2.44. The van der Waals surface area contributed by atoms with E-state index in [9.17, 15) is 4.79 Å². The Labute approximate surface area is 101 Å². The van der Waals surface area contributed by atoms with Crippen molar-refractivity contribution in [3.8, 4) is 0 Å². The number of carbonyl (C=O) groups is 1. The van der Waals surface area contributed by atoms with Gasteiger partial charge >= 0.3 is 0 Å². The van der Waals surface area contributed by atoms with E-state index in [1.54, 1.807) is 6.07 Å². The Morgan fingerprint density at radius 2 is 2.38 bits per heavy atom. The fourth-order valence-corrected chi connectivity index (χ4v) is 2.05. The van der Waals surface area contributed by atoms with Gasteiger partial charge in [0, 0.05) is 23.5 Å². The number of amides is 1. The zero-order valence-electron chi connectivity index (χ0n) is 9.22. The topological polar surface area (TPSA) is 29.5 Å². The van der Waals surface area contributed by atoms with E-state index in [1.165, 1.54) is 0 Å². The van der Waals surface area contributed by atoms with Crippen molar-refractivity contribution in [3.05, 3.63) is 29.8 Å². The predicted octanol–water partition coefficient (Wildman–Crippen LogP) is 1.84. The van der Waals surface area contributed by atoms with Gasteiger partial charge in [0.05, 0.1) is 12.7 Å². The summed E-state index contributed by atoms with van der Waals surface area (Å²) in [6.45, 7) is 3.93. The molecule has 86 valence electrons. The summed E-state index contributed by atoms with van der Waals surface area (Å²) in [6.07, 6.45) is 0.122. The number of rotatable bonds is 1. The van der Waals surface area contributed by atoms with Gasteiger partial charge in [-0.25, -0.2) is 0 Å². The number of hydrogen-bond donors (Lipinski definition) is 1. The van der Waals surface area contributed by atoms with Gasteiger partial charge in [-0.1, -0.05) is 6.07 Å². The summed E-state index contributed by atoms with van der Waals surface area (Å²) in [6, 6.07) is 7.33. The summed E-state index contributed by atoms with van der Waals surface area (Å²) in [5, 5.41) is 0. The Bertz CT molecular complexity index is 394. The molecule has 1 heterocycles. The quantitative estimate of drug-likeness (QED) is 0.755. The number of morpholine rings is 1. The smallest absolute Gasteiger partial charge is 0.254 e. The van der Waals surface area contributed by atoms with Crippen molar-refractivity contribution in [2.24, 2.45) is 0 Å². The summed E-state index contributed by atoms with van der Waals surface area (Å²) in [5.41, 5.74) is 0.696. The lowest BCUT2D eigenvalue weighted by molar-refractivity contribution is -0.0124. The first-order valence-corrected chi connectivity index (χ1v) is 5.81.